The van der Waals surface area contributed by atoms with Crippen LogP contribution in [0.4, 0.5) is 0 Å². The summed E-state index contributed by atoms with van der Waals surface area (Å²) < 4.78 is 1.85. The number of fused-ring (bicyclic) bond motifs is 1. The van der Waals surface area contributed by atoms with Crippen LogP contribution in [-0.2, 0) is 0 Å². The summed E-state index contributed by atoms with van der Waals surface area (Å²) in [5.74, 6) is -0.0149. The van der Waals surface area contributed by atoms with Crippen LogP contribution < -0.4 is 0 Å². The molecule has 0 saturated carbocycles. The number of H-pyrrole nitrogens is 1. The second kappa shape index (κ2) is 6.94. The quantitative estimate of drug-likeness (QED) is 0.774. The molecule has 1 heterocycles. The Kier molecular flexibility index (Phi) is 5.46. The highest BCUT2D eigenvalue weighted by atomic mass is 79.9. The van der Waals surface area contributed by atoms with Crippen LogP contribution in [0.3, 0.4) is 0 Å². The van der Waals surface area contributed by atoms with Gasteiger partial charge in [0.25, 0.3) is 5.91 Å². The van der Waals surface area contributed by atoms with E-state index < -0.39 is 0 Å². The van der Waals surface area contributed by atoms with Crippen LogP contribution >= 0.6 is 31.9 Å². The second-order valence-corrected chi connectivity index (χ2v) is 6.89. The molecule has 2 aromatic rings. The average molecular weight is 418 g/mol. The minimum Gasteiger partial charge on any atom is -0.396 e. The first-order chi connectivity index (χ1) is 9.95. The maximum Gasteiger partial charge on any atom is 0.256 e. The predicted molar refractivity (Wildman–Crippen MR) is 91.6 cm³/mol. The molecule has 6 heteroatoms. The van der Waals surface area contributed by atoms with Crippen LogP contribution in [-0.4, -0.2) is 40.1 Å². The summed E-state index contributed by atoms with van der Waals surface area (Å²) >= 11 is 6.93. The van der Waals surface area contributed by atoms with E-state index in [2.05, 4.69) is 36.8 Å². The van der Waals surface area contributed by atoms with Crippen molar-refractivity contribution in [3.63, 3.8) is 0 Å². The van der Waals surface area contributed by atoms with Gasteiger partial charge >= 0.3 is 0 Å². The number of carbonyl (C=O) groups is 1. The second-order valence-electron chi connectivity index (χ2n) is 5.18. The predicted octanol–water partition coefficient (Wildman–Crippen LogP) is 3.93. The summed E-state index contributed by atoms with van der Waals surface area (Å²) in [7, 11) is 0. The number of nitrogens with zero attached hydrogens (tertiary/aromatic N) is 1. The number of hydrogen-bond donors (Lipinski definition) is 2. The van der Waals surface area contributed by atoms with Crippen LogP contribution in [0.5, 0.6) is 0 Å². The fraction of sp³-hybridized carbons (Fsp3) is 0.400. The van der Waals surface area contributed by atoms with Crippen molar-refractivity contribution in [1.82, 2.24) is 9.88 Å². The number of benzene rings is 1. The third kappa shape index (κ3) is 3.49. The van der Waals surface area contributed by atoms with E-state index in [1.807, 2.05) is 26.0 Å². The first-order valence-electron chi connectivity index (χ1n) is 6.83. The van der Waals surface area contributed by atoms with E-state index >= 15 is 0 Å². The van der Waals surface area contributed by atoms with Gasteiger partial charge in [0.2, 0.25) is 0 Å². The number of aliphatic hydroxyl groups is 1. The lowest BCUT2D eigenvalue weighted by Crippen LogP contribution is -2.38. The standard InChI is InChI=1S/C15H18Br2N2O2/c1-9(2)19(4-3-5-20)15(21)11-8-18-14-7-13(17)12(16)6-10(11)14/h6-9,18,20H,3-5H2,1-2H3. The molecule has 2 N–H and O–H groups in total. The number of hydrogen-bond acceptors (Lipinski definition) is 2. The fourth-order valence-corrected chi connectivity index (χ4v) is 2.97. The van der Waals surface area contributed by atoms with Crippen molar-refractivity contribution in [2.75, 3.05) is 13.2 Å². The molecule has 0 radical (unpaired) electrons. The summed E-state index contributed by atoms with van der Waals surface area (Å²) in [6.07, 6.45) is 2.34. The molecule has 0 aliphatic rings. The molecule has 1 aromatic carbocycles. The van der Waals surface area contributed by atoms with Gasteiger partial charge in [-0.25, -0.2) is 0 Å². The maximum atomic E-state index is 12.8. The van der Waals surface area contributed by atoms with Gasteiger partial charge in [-0.3, -0.25) is 4.79 Å². The van der Waals surface area contributed by atoms with E-state index in [1.165, 1.54) is 0 Å². The van der Waals surface area contributed by atoms with Crippen molar-refractivity contribution in [3.8, 4) is 0 Å². The third-order valence-electron chi connectivity index (χ3n) is 3.39. The number of nitrogens with one attached hydrogen (secondary N) is 1. The minimum atomic E-state index is -0.0149. The van der Waals surface area contributed by atoms with Crippen LogP contribution in [0.2, 0.25) is 0 Å². The summed E-state index contributed by atoms with van der Waals surface area (Å²) in [5.41, 5.74) is 1.57. The summed E-state index contributed by atoms with van der Waals surface area (Å²) in [4.78, 5) is 17.7. The monoisotopic (exact) mass is 416 g/mol. The van der Waals surface area contributed by atoms with Crippen molar-refractivity contribution in [2.24, 2.45) is 0 Å². The Bertz CT molecular complexity index is 652. The molecular formula is C15H18Br2N2O2. The molecule has 0 saturated heterocycles. The van der Waals surface area contributed by atoms with Crippen LogP contribution in [0.1, 0.15) is 30.6 Å². The largest absolute Gasteiger partial charge is 0.396 e. The van der Waals surface area contributed by atoms with Gasteiger partial charge < -0.3 is 15.0 Å². The minimum absolute atomic E-state index is 0.0149. The lowest BCUT2D eigenvalue weighted by Gasteiger charge is -2.26. The number of carbonyl (C=O) groups excluding carboxylic acids is 1. The first-order valence-corrected chi connectivity index (χ1v) is 8.42. The normalized spacial score (nSPS) is 11.3. The lowest BCUT2D eigenvalue weighted by molar-refractivity contribution is 0.0695. The van der Waals surface area contributed by atoms with Crippen LogP contribution in [0.25, 0.3) is 10.9 Å². The molecule has 0 unspecified atom stereocenters. The molecule has 4 nitrogen and oxygen atoms in total. The molecule has 21 heavy (non-hydrogen) atoms. The fourth-order valence-electron chi connectivity index (χ4n) is 2.28. The highest BCUT2D eigenvalue weighted by Gasteiger charge is 2.21. The van der Waals surface area contributed by atoms with E-state index in [-0.39, 0.29) is 18.6 Å². The van der Waals surface area contributed by atoms with E-state index in [0.717, 1.165) is 19.8 Å². The number of aromatic amines is 1. The number of amides is 1. The Morgan fingerprint density at radius 1 is 1.33 bits per heavy atom. The number of rotatable bonds is 5. The first kappa shape index (κ1) is 16.5. The lowest BCUT2D eigenvalue weighted by atomic mass is 10.1. The summed E-state index contributed by atoms with van der Waals surface area (Å²) in [6, 6.07) is 3.98. The maximum absolute atomic E-state index is 12.8. The van der Waals surface area contributed by atoms with E-state index in [0.29, 0.717) is 18.5 Å². The van der Waals surface area contributed by atoms with Gasteiger partial charge in [0, 0.05) is 45.2 Å². The highest BCUT2D eigenvalue weighted by molar-refractivity contribution is 9.13. The Labute approximate surface area is 140 Å². The zero-order valence-electron chi connectivity index (χ0n) is 12.0. The highest BCUT2D eigenvalue weighted by Crippen LogP contribution is 2.30. The Morgan fingerprint density at radius 3 is 2.62 bits per heavy atom. The Hall–Kier alpha value is -0.850. The summed E-state index contributed by atoms with van der Waals surface area (Å²) in [6.45, 7) is 4.60. The SMILES string of the molecule is CC(C)N(CCCO)C(=O)c1c[nH]c2cc(Br)c(Br)cc12. The zero-order valence-corrected chi connectivity index (χ0v) is 15.2. The third-order valence-corrected chi connectivity index (χ3v) is 5.24. The Balaban J connectivity index is 2.40. The van der Waals surface area contributed by atoms with Crippen LogP contribution in [0.15, 0.2) is 27.3 Å². The molecule has 0 atom stereocenters. The molecule has 0 fully saturated rings. The molecule has 1 amide bonds. The number of halogens is 2. The van der Waals surface area contributed by atoms with Gasteiger partial charge in [0.1, 0.15) is 0 Å². The molecule has 0 spiro atoms. The van der Waals surface area contributed by atoms with Gasteiger partial charge in [-0.15, -0.1) is 0 Å². The van der Waals surface area contributed by atoms with Gasteiger partial charge in [0.15, 0.2) is 0 Å². The van der Waals surface area contributed by atoms with Crippen molar-refractivity contribution in [1.29, 1.82) is 0 Å². The summed E-state index contributed by atoms with van der Waals surface area (Å²) in [5, 5.41) is 9.89. The molecule has 0 aliphatic carbocycles. The zero-order chi connectivity index (χ0) is 15.6. The topological polar surface area (TPSA) is 56.3 Å². The van der Waals surface area contributed by atoms with Gasteiger partial charge in [-0.1, -0.05) is 0 Å². The van der Waals surface area contributed by atoms with Gasteiger partial charge in [-0.2, -0.15) is 0 Å². The molecular weight excluding hydrogens is 400 g/mol. The molecule has 1 aromatic heterocycles. The van der Waals surface area contributed by atoms with Crippen molar-refractivity contribution in [2.45, 2.75) is 26.3 Å². The Morgan fingerprint density at radius 2 is 2.00 bits per heavy atom. The molecule has 0 bridgehead atoms. The van der Waals surface area contributed by atoms with Crippen molar-refractivity contribution in [3.05, 3.63) is 32.8 Å². The smallest absolute Gasteiger partial charge is 0.256 e. The molecule has 114 valence electrons. The van der Waals surface area contributed by atoms with Gasteiger partial charge in [0.05, 0.1) is 5.56 Å². The van der Waals surface area contributed by atoms with E-state index in [9.17, 15) is 4.79 Å². The average Bonchev–Trinajstić information content (AvgIpc) is 2.82. The van der Waals surface area contributed by atoms with Gasteiger partial charge in [-0.05, 0) is 64.3 Å². The van der Waals surface area contributed by atoms with E-state index in [4.69, 9.17) is 5.11 Å². The van der Waals surface area contributed by atoms with E-state index in [1.54, 1.807) is 11.1 Å². The number of aromatic nitrogens is 1. The molecule has 0 aliphatic heterocycles. The van der Waals surface area contributed by atoms with Crippen molar-refractivity contribution < 1.29 is 9.90 Å². The molecule has 2 rings (SSSR count). The van der Waals surface area contributed by atoms with Crippen LogP contribution in [0, 0.1) is 0 Å². The number of aliphatic hydroxyl groups excluding tert-OH is 1. The van der Waals surface area contributed by atoms with Crippen molar-refractivity contribution >= 4 is 48.7 Å².